The molecule has 0 aliphatic heterocycles. The number of amides is 1. The number of hydrogen-bond donors (Lipinski definition) is 2. The SMILES string of the molecule is NS(=O)(=O)c1ccccc1NC(=O)c1ccc(Br)c(Cl)c1. The maximum Gasteiger partial charge on any atom is 0.255 e. The van der Waals surface area contributed by atoms with Crippen LogP contribution in [0.15, 0.2) is 51.8 Å². The zero-order valence-electron chi connectivity index (χ0n) is 10.5. The highest BCUT2D eigenvalue weighted by atomic mass is 79.9. The number of rotatable bonds is 3. The summed E-state index contributed by atoms with van der Waals surface area (Å²) in [6, 6.07) is 10.6. The Morgan fingerprint density at radius 1 is 1.19 bits per heavy atom. The van der Waals surface area contributed by atoms with Gasteiger partial charge in [-0.3, -0.25) is 4.79 Å². The summed E-state index contributed by atoms with van der Waals surface area (Å²) in [6.45, 7) is 0. The van der Waals surface area contributed by atoms with Crippen molar-refractivity contribution in [3.8, 4) is 0 Å². The van der Waals surface area contributed by atoms with Gasteiger partial charge >= 0.3 is 0 Å². The molecule has 110 valence electrons. The number of nitrogens with one attached hydrogen (secondary N) is 1. The summed E-state index contributed by atoms with van der Waals surface area (Å²) in [5.41, 5.74) is 0.413. The van der Waals surface area contributed by atoms with Crippen molar-refractivity contribution in [2.75, 3.05) is 5.32 Å². The molecular weight excluding hydrogens is 380 g/mol. The third-order valence-corrected chi connectivity index (χ3v) is 4.83. The number of anilines is 1. The van der Waals surface area contributed by atoms with Crippen molar-refractivity contribution in [1.82, 2.24) is 0 Å². The maximum absolute atomic E-state index is 12.1. The molecule has 0 bridgehead atoms. The Hall–Kier alpha value is -1.41. The molecule has 0 aliphatic rings. The van der Waals surface area contributed by atoms with E-state index in [0.717, 1.165) is 0 Å². The van der Waals surface area contributed by atoms with Crippen LogP contribution in [0.4, 0.5) is 5.69 Å². The van der Waals surface area contributed by atoms with Crippen LogP contribution in [-0.4, -0.2) is 14.3 Å². The summed E-state index contributed by atoms with van der Waals surface area (Å²) >= 11 is 9.15. The minimum absolute atomic E-state index is 0.115. The summed E-state index contributed by atoms with van der Waals surface area (Å²) < 4.78 is 23.6. The van der Waals surface area contributed by atoms with Crippen LogP contribution in [0.3, 0.4) is 0 Å². The molecule has 1 amide bonds. The maximum atomic E-state index is 12.1. The van der Waals surface area contributed by atoms with Gasteiger partial charge in [0.25, 0.3) is 5.91 Å². The molecule has 0 atom stereocenters. The van der Waals surface area contributed by atoms with E-state index in [1.165, 1.54) is 24.3 Å². The minimum atomic E-state index is -3.92. The molecule has 5 nitrogen and oxygen atoms in total. The van der Waals surface area contributed by atoms with E-state index >= 15 is 0 Å². The van der Waals surface area contributed by atoms with Crippen LogP contribution in [0.25, 0.3) is 0 Å². The molecule has 0 aliphatic carbocycles. The Labute approximate surface area is 135 Å². The molecular formula is C13H10BrClN2O3S. The Balaban J connectivity index is 2.34. The fraction of sp³-hybridized carbons (Fsp3) is 0. The number of sulfonamides is 1. The summed E-state index contributed by atoms with van der Waals surface area (Å²) in [5, 5.41) is 7.99. The normalized spacial score (nSPS) is 11.2. The van der Waals surface area contributed by atoms with Gasteiger partial charge in [-0.15, -0.1) is 0 Å². The molecule has 0 heterocycles. The Morgan fingerprint density at radius 2 is 1.86 bits per heavy atom. The van der Waals surface area contributed by atoms with Gasteiger partial charge in [0, 0.05) is 10.0 Å². The topological polar surface area (TPSA) is 89.3 Å². The van der Waals surface area contributed by atoms with Crippen molar-refractivity contribution in [2.24, 2.45) is 5.14 Å². The lowest BCUT2D eigenvalue weighted by atomic mass is 10.2. The first-order chi connectivity index (χ1) is 9.79. The predicted molar refractivity (Wildman–Crippen MR) is 84.9 cm³/mol. The van der Waals surface area contributed by atoms with Crippen LogP contribution >= 0.6 is 27.5 Å². The van der Waals surface area contributed by atoms with E-state index in [1.54, 1.807) is 18.2 Å². The smallest absolute Gasteiger partial charge is 0.255 e. The highest BCUT2D eigenvalue weighted by molar-refractivity contribution is 9.10. The van der Waals surface area contributed by atoms with Crippen molar-refractivity contribution < 1.29 is 13.2 Å². The zero-order valence-corrected chi connectivity index (χ0v) is 13.7. The van der Waals surface area contributed by atoms with E-state index in [0.29, 0.717) is 15.1 Å². The number of nitrogens with two attached hydrogens (primary N) is 1. The standard InChI is InChI=1S/C13H10BrClN2O3S/c14-9-6-5-8(7-10(9)15)13(18)17-11-3-1-2-4-12(11)21(16,19)20/h1-7H,(H,17,18)(H2,16,19,20). The monoisotopic (exact) mass is 388 g/mol. The van der Waals surface area contributed by atoms with Crippen molar-refractivity contribution in [1.29, 1.82) is 0 Å². The molecule has 0 fully saturated rings. The summed E-state index contributed by atoms with van der Waals surface area (Å²) in [4.78, 5) is 12.0. The Kier molecular flexibility index (Phi) is 4.67. The summed E-state index contributed by atoms with van der Waals surface area (Å²) in [7, 11) is -3.92. The lowest BCUT2D eigenvalue weighted by Crippen LogP contribution is -2.18. The lowest BCUT2D eigenvalue weighted by Gasteiger charge is -2.10. The number of para-hydroxylation sites is 1. The second kappa shape index (κ2) is 6.15. The van der Waals surface area contributed by atoms with Crippen LogP contribution in [0.5, 0.6) is 0 Å². The molecule has 0 aromatic heterocycles. The molecule has 0 saturated carbocycles. The second-order valence-electron chi connectivity index (χ2n) is 4.12. The largest absolute Gasteiger partial charge is 0.321 e. The van der Waals surface area contributed by atoms with Crippen molar-refractivity contribution in [2.45, 2.75) is 4.90 Å². The number of halogens is 2. The van der Waals surface area contributed by atoms with Gasteiger partial charge in [-0.2, -0.15) is 0 Å². The first-order valence-electron chi connectivity index (χ1n) is 5.67. The number of carbonyl (C=O) groups is 1. The molecule has 3 N–H and O–H groups in total. The third kappa shape index (κ3) is 3.82. The van der Waals surface area contributed by atoms with Gasteiger partial charge < -0.3 is 5.32 Å². The van der Waals surface area contributed by atoms with E-state index in [9.17, 15) is 13.2 Å². The summed E-state index contributed by atoms with van der Waals surface area (Å²) in [6.07, 6.45) is 0. The van der Waals surface area contributed by atoms with Gasteiger partial charge in [0.1, 0.15) is 4.90 Å². The van der Waals surface area contributed by atoms with Crippen molar-refractivity contribution in [3.63, 3.8) is 0 Å². The van der Waals surface area contributed by atoms with Crippen LogP contribution < -0.4 is 10.5 Å². The van der Waals surface area contributed by atoms with E-state index in [4.69, 9.17) is 16.7 Å². The van der Waals surface area contributed by atoms with Crippen LogP contribution in [0, 0.1) is 0 Å². The summed E-state index contributed by atoms with van der Waals surface area (Å²) in [5.74, 6) is -0.486. The number of primary sulfonamides is 1. The van der Waals surface area contributed by atoms with Crippen LogP contribution in [0.1, 0.15) is 10.4 Å². The van der Waals surface area contributed by atoms with Crippen LogP contribution in [-0.2, 0) is 10.0 Å². The van der Waals surface area contributed by atoms with Gasteiger partial charge in [0.2, 0.25) is 10.0 Å². The first-order valence-corrected chi connectivity index (χ1v) is 8.39. The van der Waals surface area contributed by atoms with Gasteiger partial charge in [-0.1, -0.05) is 23.7 Å². The van der Waals surface area contributed by atoms with Crippen LogP contribution in [0.2, 0.25) is 5.02 Å². The van der Waals surface area contributed by atoms with E-state index in [-0.39, 0.29) is 10.6 Å². The van der Waals surface area contributed by atoms with Gasteiger partial charge in [-0.25, -0.2) is 13.6 Å². The van der Waals surface area contributed by atoms with E-state index < -0.39 is 15.9 Å². The molecule has 2 aromatic carbocycles. The fourth-order valence-corrected chi connectivity index (χ4v) is 2.77. The fourth-order valence-electron chi connectivity index (χ4n) is 1.65. The average molecular weight is 390 g/mol. The molecule has 2 aromatic rings. The Bertz CT molecular complexity index is 809. The van der Waals surface area contributed by atoms with E-state index in [2.05, 4.69) is 21.2 Å². The van der Waals surface area contributed by atoms with Gasteiger partial charge in [-0.05, 0) is 46.3 Å². The number of hydrogen-bond acceptors (Lipinski definition) is 3. The molecule has 0 saturated heterocycles. The Morgan fingerprint density at radius 3 is 2.48 bits per heavy atom. The first kappa shape index (κ1) is 16.0. The number of benzene rings is 2. The molecule has 8 heteroatoms. The van der Waals surface area contributed by atoms with Crippen molar-refractivity contribution in [3.05, 3.63) is 57.5 Å². The molecule has 2 rings (SSSR count). The molecule has 0 unspecified atom stereocenters. The number of carbonyl (C=O) groups excluding carboxylic acids is 1. The zero-order chi connectivity index (χ0) is 15.6. The quantitative estimate of drug-likeness (QED) is 0.845. The second-order valence-corrected chi connectivity index (χ2v) is 6.92. The highest BCUT2D eigenvalue weighted by Crippen LogP contribution is 2.24. The third-order valence-electron chi connectivity index (χ3n) is 2.62. The van der Waals surface area contributed by atoms with Crippen molar-refractivity contribution >= 4 is 49.1 Å². The van der Waals surface area contributed by atoms with E-state index in [1.807, 2.05) is 0 Å². The molecule has 0 radical (unpaired) electrons. The van der Waals surface area contributed by atoms with Gasteiger partial charge in [0.05, 0.1) is 10.7 Å². The lowest BCUT2D eigenvalue weighted by molar-refractivity contribution is 0.102. The average Bonchev–Trinajstić information content (AvgIpc) is 2.41. The molecule has 21 heavy (non-hydrogen) atoms. The highest BCUT2D eigenvalue weighted by Gasteiger charge is 2.16. The minimum Gasteiger partial charge on any atom is -0.321 e. The predicted octanol–water partition coefficient (Wildman–Crippen LogP) is 3.00. The van der Waals surface area contributed by atoms with Gasteiger partial charge in [0.15, 0.2) is 0 Å². The molecule has 0 spiro atoms.